The van der Waals surface area contributed by atoms with Crippen LogP contribution in [0.25, 0.3) is 10.9 Å². The summed E-state index contributed by atoms with van der Waals surface area (Å²) in [5.74, 6) is -1.09. The van der Waals surface area contributed by atoms with Gasteiger partial charge in [-0.3, -0.25) is 4.98 Å². The Morgan fingerprint density at radius 3 is 2.50 bits per heavy atom. The molecule has 0 aliphatic rings. The van der Waals surface area contributed by atoms with Crippen LogP contribution in [0.3, 0.4) is 0 Å². The van der Waals surface area contributed by atoms with Crippen LogP contribution < -0.4 is 11.4 Å². The summed E-state index contributed by atoms with van der Waals surface area (Å²) >= 11 is 0. The summed E-state index contributed by atoms with van der Waals surface area (Å²) in [6.45, 7) is 0. The number of halogens is 3. The molecule has 1 heterocycles. The van der Waals surface area contributed by atoms with Gasteiger partial charge in [-0.1, -0.05) is 0 Å². The molecule has 16 heavy (non-hydrogen) atoms. The standard InChI is InChI=1S/C9H4F3NO3/c10-9(11,12)4-1-2-5-6(3-4)13-8(15)16-7(5)14/h1-3H,(H,13,15). The quantitative estimate of drug-likeness (QED) is 0.747. The molecule has 1 aromatic heterocycles. The zero-order chi connectivity index (χ0) is 11.9. The average Bonchev–Trinajstić information content (AvgIpc) is 2.15. The van der Waals surface area contributed by atoms with Crippen molar-refractivity contribution in [2.75, 3.05) is 0 Å². The SMILES string of the molecule is O=c1[nH]c2cc(C(F)(F)F)ccc2c(=O)o1. The molecule has 0 unspecified atom stereocenters. The Bertz CT molecular complexity index is 653. The van der Waals surface area contributed by atoms with Gasteiger partial charge in [0.1, 0.15) is 0 Å². The summed E-state index contributed by atoms with van der Waals surface area (Å²) in [5, 5.41) is -0.104. The van der Waals surface area contributed by atoms with Crippen LogP contribution >= 0.6 is 0 Å². The zero-order valence-corrected chi connectivity index (χ0v) is 7.59. The van der Waals surface area contributed by atoms with Crippen molar-refractivity contribution in [1.82, 2.24) is 4.98 Å². The molecule has 0 aliphatic heterocycles. The van der Waals surface area contributed by atoms with Gasteiger partial charge in [0.25, 0.3) is 0 Å². The zero-order valence-electron chi connectivity index (χ0n) is 7.59. The van der Waals surface area contributed by atoms with E-state index in [9.17, 15) is 22.8 Å². The molecule has 0 atom stereocenters. The van der Waals surface area contributed by atoms with E-state index in [0.29, 0.717) is 6.07 Å². The number of hydrogen-bond acceptors (Lipinski definition) is 3. The fourth-order valence-corrected chi connectivity index (χ4v) is 1.28. The lowest BCUT2D eigenvalue weighted by molar-refractivity contribution is -0.137. The highest BCUT2D eigenvalue weighted by Gasteiger charge is 2.30. The van der Waals surface area contributed by atoms with E-state index < -0.39 is 23.1 Å². The minimum atomic E-state index is -4.53. The number of aromatic nitrogens is 1. The van der Waals surface area contributed by atoms with Crippen molar-refractivity contribution in [3.63, 3.8) is 0 Å². The molecule has 84 valence electrons. The van der Waals surface area contributed by atoms with E-state index in [1.807, 2.05) is 4.98 Å². The van der Waals surface area contributed by atoms with Gasteiger partial charge >= 0.3 is 17.6 Å². The number of nitrogens with one attached hydrogen (secondary N) is 1. The van der Waals surface area contributed by atoms with Gasteiger partial charge in [-0.05, 0) is 18.2 Å². The number of rotatable bonds is 0. The van der Waals surface area contributed by atoms with Crippen LogP contribution in [0.4, 0.5) is 13.2 Å². The molecule has 0 fully saturated rings. The highest BCUT2D eigenvalue weighted by atomic mass is 19.4. The second kappa shape index (κ2) is 3.22. The Hall–Kier alpha value is -2.05. The lowest BCUT2D eigenvalue weighted by Gasteiger charge is -2.06. The number of hydrogen-bond donors (Lipinski definition) is 1. The molecule has 0 saturated carbocycles. The maximum atomic E-state index is 12.3. The molecule has 1 N–H and O–H groups in total. The Morgan fingerprint density at radius 1 is 1.19 bits per heavy atom. The van der Waals surface area contributed by atoms with E-state index in [1.165, 1.54) is 0 Å². The van der Waals surface area contributed by atoms with Gasteiger partial charge in [0.05, 0.1) is 16.5 Å². The van der Waals surface area contributed by atoms with Crippen LogP contribution in [-0.2, 0) is 6.18 Å². The molecule has 0 amide bonds. The Labute approximate surface area is 85.3 Å². The topological polar surface area (TPSA) is 63.1 Å². The third kappa shape index (κ3) is 1.71. The summed E-state index contributed by atoms with van der Waals surface area (Å²) in [5.41, 5.74) is -2.11. The Morgan fingerprint density at radius 2 is 1.88 bits per heavy atom. The van der Waals surface area contributed by atoms with Crippen molar-refractivity contribution in [2.45, 2.75) is 6.18 Å². The van der Waals surface area contributed by atoms with Crippen LogP contribution in [0.15, 0.2) is 32.2 Å². The van der Waals surface area contributed by atoms with Crippen molar-refractivity contribution < 1.29 is 17.6 Å². The second-order valence-corrected chi connectivity index (χ2v) is 3.06. The molecule has 0 saturated heterocycles. The fourth-order valence-electron chi connectivity index (χ4n) is 1.28. The molecule has 0 aliphatic carbocycles. The highest BCUT2D eigenvalue weighted by molar-refractivity contribution is 5.77. The van der Waals surface area contributed by atoms with Crippen molar-refractivity contribution in [1.29, 1.82) is 0 Å². The Kier molecular flexibility index (Phi) is 2.11. The molecular weight excluding hydrogens is 227 g/mol. The molecule has 2 rings (SSSR count). The molecule has 0 bridgehead atoms. The van der Waals surface area contributed by atoms with Gasteiger partial charge in [0.2, 0.25) is 0 Å². The van der Waals surface area contributed by atoms with Gasteiger partial charge in [-0.15, -0.1) is 0 Å². The van der Waals surface area contributed by atoms with Crippen LogP contribution in [0.1, 0.15) is 5.56 Å². The number of H-pyrrole nitrogens is 1. The van der Waals surface area contributed by atoms with E-state index in [2.05, 4.69) is 4.42 Å². The summed E-state index contributed by atoms with van der Waals surface area (Å²) in [4.78, 5) is 23.9. The van der Waals surface area contributed by atoms with Crippen molar-refractivity contribution in [3.8, 4) is 0 Å². The van der Waals surface area contributed by atoms with E-state index >= 15 is 0 Å². The van der Waals surface area contributed by atoms with Gasteiger partial charge in [-0.25, -0.2) is 9.59 Å². The van der Waals surface area contributed by atoms with Crippen LogP contribution in [-0.4, -0.2) is 4.98 Å². The molecule has 0 spiro atoms. The van der Waals surface area contributed by atoms with E-state index in [1.54, 1.807) is 0 Å². The smallest absolute Gasteiger partial charge is 0.372 e. The third-order valence-corrected chi connectivity index (χ3v) is 1.99. The van der Waals surface area contributed by atoms with Gasteiger partial charge in [0.15, 0.2) is 0 Å². The number of aromatic amines is 1. The highest BCUT2D eigenvalue weighted by Crippen LogP contribution is 2.30. The molecule has 7 heteroatoms. The first-order valence-electron chi connectivity index (χ1n) is 4.12. The van der Waals surface area contributed by atoms with Crippen LogP contribution in [0.2, 0.25) is 0 Å². The monoisotopic (exact) mass is 231 g/mol. The normalized spacial score (nSPS) is 11.9. The summed E-state index contributed by atoms with van der Waals surface area (Å²) in [7, 11) is 0. The first kappa shape index (κ1) is 10.5. The first-order chi connectivity index (χ1) is 7.38. The molecule has 0 radical (unpaired) electrons. The predicted molar refractivity (Wildman–Crippen MR) is 48.1 cm³/mol. The lowest BCUT2D eigenvalue weighted by Crippen LogP contribution is -2.15. The van der Waals surface area contributed by atoms with Crippen molar-refractivity contribution >= 4 is 10.9 Å². The lowest BCUT2D eigenvalue weighted by atomic mass is 10.1. The minimum absolute atomic E-state index is 0.104. The van der Waals surface area contributed by atoms with Gasteiger partial charge in [-0.2, -0.15) is 13.2 Å². The van der Waals surface area contributed by atoms with E-state index in [0.717, 1.165) is 12.1 Å². The summed E-state index contributed by atoms with van der Waals surface area (Å²) in [6.07, 6.45) is -4.53. The predicted octanol–water partition coefficient (Wildman–Crippen LogP) is 1.50. The fraction of sp³-hybridized carbons (Fsp3) is 0.111. The number of benzene rings is 1. The third-order valence-electron chi connectivity index (χ3n) is 1.99. The Balaban J connectivity index is 2.82. The van der Waals surface area contributed by atoms with E-state index in [-0.39, 0.29) is 10.9 Å². The molecule has 4 nitrogen and oxygen atoms in total. The van der Waals surface area contributed by atoms with Gasteiger partial charge in [0, 0.05) is 0 Å². The maximum absolute atomic E-state index is 12.3. The van der Waals surface area contributed by atoms with E-state index in [4.69, 9.17) is 0 Å². The molecular formula is C9H4F3NO3. The second-order valence-electron chi connectivity index (χ2n) is 3.06. The maximum Gasteiger partial charge on any atom is 0.419 e. The minimum Gasteiger partial charge on any atom is -0.372 e. The number of alkyl halides is 3. The van der Waals surface area contributed by atoms with Crippen LogP contribution in [0, 0.1) is 0 Å². The van der Waals surface area contributed by atoms with Crippen molar-refractivity contribution in [3.05, 3.63) is 44.7 Å². The summed E-state index contributed by atoms with van der Waals surface area (Å²) < 4.78 is 41.1. The van der Waals surface area contributed by atoms with Crippen molar-refractivity contribution in [2.24, 2.45) is 0 Å². The molecule has 1 aromatic carbocycles. The average molecular weight is 231 g/mol. The first-order valence-corrected chi connectivity index (χ1v) is 4.12. The summed E-state index contributed by atoms with van der Waals surface area (Å²) in [6, 6.07) is 2.39. The largest absolute Gasteiger partial charge is 0.419 e. The molecule has 2 aromatic rings. The number of fused-ring (bicyclic) bond motifs is 1. The van der Waals surface area contributed by atoms with Gasteiger partial charge < -0.3 is 4.42 Å². The van der Waals surface area contributed by atoms with Crippen LogP contribution in [0.5, 0.6) is 0 Å².